The second kappa shape index (κ2) is 7.44. The maximum atomic E-state index is 2.41. The quantitative estimate of drug-likeness (QED) is 0.519. The predicted molar refractivity (Wildman–Crippen MR) is 76.2 cm³/mol. The molecule has 0 bridgehead atoms. The summed E-state index contributed by atoms with van der Waals surface area (Å²) in [6.07, 6.45) is 19.8. The van der Waals surface area contributed by atoms with E-state index in [2.05, 4.69) is 6.92 Å². The molecule has 0 spiro atoms. The van der Waals surface area contributed by atoms with Gasteiger partial charge in [0, 0.05) is 0 Å². The third-order valence-corrected chi connectivity index (χ3v) is 5.47. The van der Waals surface area contributed by atoms with E-state index >= 15 is 0 Å². The van der Waals surface area contributed by atoms with Crippen molar-refractivity contribution in [2.24, 2.45) is 17.8 Å². The lowest BCUT2D eigenvalue weighted by molar-refractivity contribution is 0.200. The summed E-state index contributed by atoms with van der Waals surface area (Å²) in [5, 5.41) is 0. The zero-order chi connectivity index (χ0) is 11.9. The van der Waals surface area contributed by atoms with Crippen molar-refractivity contribution in [3.63, 3.8) is 0 Å². The molecule has 0 amide bonds. The van der Waals surface area contributed by atoms with Crippen LogP contribution in [0.25, 0.3) is 0 Å². The van der Waals surface area contributed by atoms with Crippen LogP contribution in [0.4, 0.5) is 0 Å². The Labute approximate surface area is 109 Å². The van der Waals surface area contributed by atoms with Crippen molar-refractivity contribution in [2.45, 2.75) is 90.4 Å². The summed E-state index contributed by atoms with van der Waals surface area (Å²) in [5.41, 5.74) is 0. The predicted octanol–water partition coefficient (Wildman–Crippen LogP) is 5.95. The molecular weight excluding hydrogens is 204 g/mol. The number of rotatable bonds is 2. The fraction of sp³-hybridized carbons (Fsp3) is 1.00. The topological polar surface area (TPSA) is 0 Å². The molecule has 2 aliphatic carbocycles. The summed E-state index contributed by atoms with van der Waals surface area (Å²) in [5.74, 6) is 3.26. The summed E-state index contributed by atoms with van der Waals surface area (Å²) < 4.78 is 0. The zero-order valence-corrected chi connectivity index (χ0v) is 11.9. The van der Waals surface area contributed by atoms with Crippen molar-refractivity contribution in [2.75, 3.05) is 0 Å². The largest absolute Gasteiger partial charge is 0.0651 e. The van der Waals surface area contributed by atoms with Crippen molar-refractivity contribution in [3.05, 3.63) is 0 Å². The van der Waals surface area contributed by atoms with E-state index in [0.29, 0.717) is 0 Å². The Morgan fingerprint density at radius 2 is 1.18 bits per heavy atom. The third kappa shape index (κ3) is 4.30. The monoisotopic (exact) mass is 236 g/mol. The van der Waals surface area contributed by atoms with Crippen LogP contribution in [0.2, 0.25) is 0 Å². The minimum absolute atomic E-state index is 1.06. The molecule has 0 aromatic heterocycles. The third-order valence-electron chi connectivity index (χ3n) is 5.47. The summed E-state index contributed by atoms with van der Waals surface area (Å²) in [6.45, 7) is 2.41. The van der Waals surface area contributed by atoms with E-state index in [1.807, 2.05) is 0 Å². The zero-order valence-electron chi connectivity index (χ0n) is 11.9. The van der Waals surface area contributed by atoms with Crippen LogP contribution in [-0.2, 0) is 0 Å². The average Bonchev–Trinajstić information content (AvgIpc) is 2.58. The Morgan fingerprint density at radius 3 is 1.82 bits per heavy atom. The smallest absolute Gasteiger partial charge is 0.0383 e. The van der Waals surface area contributed by atoms with Crippen molar-refractivity contribution >= 4 is 0 Å². The lowest BCUT2D eigenvalue weighted by Crippen LogP contribution is -2.20. The molecule has 0 aromatic rings. The van der Waals surface area contributed by atoms with Gasteiger partial charge in [0.05, 0.1) is 0 Å². The molecule has 2 unspecified atom stereocenters. The molecule has 2 saturated carbocycles. The standard InChI is InChI=1S/C17H32/c1-2-15-10-6-5-9-13-17(14-15)16-11-7-3-4-8-12-16/h15-17H,2-14H2,1H3. The Balaban J connectivity index is 1.90. The van der Waals surface area contributed by atoms with Gasteiger partial charge in [-0.05, 0) is 24.2 Å². The Morgan fingerprint density at radius 1 is 0.647 bits per heavy atom. The minimum atomic E-state index is 1.06. The van der Waals surface area contributed by atoms with Gasteiger partial charge in [-0.25, -0.2) is 0 Å². The van der Waals surface area contributed by atoms with Crippen LogP contribution >= 0.6 is 0 Å². The van der Waals surface area contributed by atoms with Gasteiger partial charge in [0.15, 0.2) is 0 Å². The van der Waals surface area contributed by atoms with Gasteiger partial charge in [0.2, 0.25) is 0 Å². The van der Waals surface area contributed by atoms with Gasteiger partial charge in [-0.2, -0.15) is 0 Å². The van der Waals surface area contributed by atoms with Crippen molar-refractivity contribution in [1.29, 1.82) is 0 Å². The van der Waals surface area contributed by atoms with Gasteiger partial charge in [0.25, 0.3) is 0 Å². The van der Waals surface area contributed by atoms with E-state index in [1.165, 1.54) is 57.8 Å². The van der Waals surface area contributed by atoms with Crippen LogP contribution < -0.4 is 0 Å². The fourth-order valence-corrected chi connectivity index (χ4v) is 4.26. The van der Waals surface area contributed by atoms with Crippen molar-refractivity contribution in [1.82, 2.24) is 0 Å². The van der Waals surface area contributed by atoms with Crippen LogP contribution in [0.5, 0.6) is 0 Å². The second-order valence-electron chi connectivity index (χ2n) is 6.66. The van der Waals surface area contributed by atoms with E-state index in [4.69, 9.17) is 0 Å². The maximum Gasteiger partial charge on any atom is -0.0383 e. The van der Waals surface area contributed by atoms with Crippen molar-refractivity contribution in [3.8, 4) is 0 Å². The Kier molecular flexibility index (Phi) is 5.88. The van der Waals surface area contributed by atoms with Gasteiger partial charge in [-0.15, -0.1) is 0 Å². The van der Waals surface area contributed by atoms with Gasteiger partial charge >= 0.3 is 0 Å². The van der Waals surface area contributed by atoms with Gasteiger partial charge in [-0.3, -0.25) is 0 Å². The highest BCUT2D eigenvalue weighted by atomic mass is 14.3. The van der Waals surface area contributed by atoms with Crippen LogP contribution in [0, 0.1) is 17.8 Å². The lowest BCUT2D eigenvalue weighted by Gasteiger charge is -2.31. The first kappa shape index (κ1) is 13.4. The van der Waals surface area contributed by atoms with Crippen LogP contribution in [0.15, 0.2) is 0 Å². The molecule has 17 heavy (non-hydrogen) atoms. The molecule has 0 aromatic carbocycles. The molecule has 0 heteroatoms. The lowest BCUT2D eigenvalue weighted by atomic mass is 9.74. The van der Waals surface area contributed by atoms with Crippen LogP contribution in [0.3, 0.4) is 0 Å². The average molecular weight is 236 g/mol. The molecule has 0 heterocycles. The first-order chi connectivity index (χ1) is 8.40. The van der Waals surface area contributed by atoms with E-state index in [1.54, 1.807) is 25.7 Å². The van der Waals surface area contributed by atoms with E-state index in [0.717, 1.165) is 17.8 Å². The summed E-state index contributed by atoms with van der Waals surface area (Å²) in [7, 11) is 0. The highest BCUT2D eigenvalue weighted by Gasteiger charge is 2.25. The van der Waals surface area contributed by atoms with Crippen LogP contribution in [-0.4, -0.2) is 0 Å². The summed E-state index contributed by atoms with van der Waals surface area (Å²) in [4.78, 5) is 0. The van der Waals surface area contributed by atoms with Gasteiger partial charge in [0.1, 0.15) is 0 Å². The normalized spacial score (nSPS) is 33.7. The molecule has 2 fully saturated rings. The molecule has 2 atom stereocenters. The van der Waals surface area contributed by atoms with E-state index in [9.17, 15) is 0 Å². The molecule has 0 radical (unpaired) electrons. The maximum absolute atomic E-state index is 2.41. The minimum Gasteiger partial charge on any atom is -0.0651 e. The van der Waals surface area contributed by atoms with Gasteiger partial charge < -0.3 is 0 Å². The molecule has 2 aliphatic rings. The van der Waals surface area contributed by atoms with Crippen LogP contribution in [0.1, 0.15) is 90.4 Å². The first-order valence-electron chi connectivity index (χ1n) is 8.40. The highest BCUT2D eigenvalue weighted by molar-refractivity contribution is 4.77. The SMILES string of the molecule is CCC1CCCCCC(C2CCCCCC2)C1. The molecule has 0 saturated heterocycles. The Hall–Kier alpha value is 0. The van der Waals surface area contributed by atoms with Crippen molar-refractivity contribution < 1.29 is 0 Å². The fourth-order valence-electron chi connectivity index (χ4n) is 4.26. The van der Waals surface area contributed by atoms with Gasteiger partial charge in [-0.1, -0.05) is 84.0 Å². The molecule has 100 valence electrons. The molecule has 0 aliphatic heterocycles. The van der Waals surface area contributed by atoms with E-state index < -0.39 is 0 Å². The number of hydrogen-bond donors (Lipinski definition) is 0. The first-order valence-corrected chi connectivity index (χ1v) is 8.40. The molecule has 0 N–H and O–H groups in total. The molecular formula is C17H32. The second-order valence-corrected chi connectivity index (χ2v) is 6.66. The summed E-state index contributed by atoms with van der Waals surface area (Å²) >= 11 is 0. The summed E-state index contributed by atoms with van der Waals surface area (Å²) in [6, 6.07) is 0. The Bertz CT molecular complexity index is 188. The number of hydrogen-bond acceptors (Lipinski definition) is 0. The van der Waals surface area contributed by atoms with E-state index in [-0.39, 0.29) is 0 Å². The molecule has 0 nitrogen and oxygen atoms in total. The molecule has 2 rings (SSSR count). The highest BCUT2D eigenvalue weighted by Crippen LogP contribution is 2.38.